The van der Waals surface area contributed by atoms with Gasteiger partial charge < -0.3 is 25.2 Å². The zero-order valence-corrected chi connectivity index (χ0v) is 21.8. The Morgan fingerprint density at radius 2 is 1.97 bits per heavy atom. The predicted molar refractivity (Wildman–Crippen MR) is 141 cm³/mol. The second-order valence-corrected chi connectivity index (χ2v) is 10.9. The number of hydrogen-bond acceptors (Lipinski definition) is 8. The molecule has 2 atom stereocenters. The number of amides is 1. The quantitative estimate of drug-likeness (QED) is 0.441. The molecular weight excluding hydrogens is 470 g/mol. The minimum absolute atomic E-state index is 0.110. The summed E-state index contributed by atoms with van der Waals surface area (Å²) < 4.78 is 7.40. The van der Waals surface area contributed by atoms with E-state index in [9.17, 15) is 9.59 Å². The summed E-state index contributed by atoms with van der Waals surface area (Å²) in [6, 6.07) is 6.36. The third kappa shape index (κ3) is 4.07. The molecule has 2 aliphatic carbocycles. The van der Waals surface area contributed by atoms with Gasteiger partial charge in [0.15, 0.2) is 0 Å². The van der Waals surface area contributed by atoms with Crippen LogP contribution in [0.5, 0.6) is 5.75 Å². The average Bonchev–Trinajstić information content (AvgIpc) is 3.42. The van der Waals surface area contributed by atoms with E-state index in [4.69, 9.17) is 10.5 Å². The first kappa shape index (κ1) is 24.0. The maximum Gasteiger partial charge on any atom is 0.275 e. The van der Waals surface area contributed by atoms with Crippen molar-refractivity contribution in [3.8, 4) is 5.75 Å². The largest absolute Gasteiger partial charge is 0.495 e. The normalized spacial score (nSPS) is 26.3. The number of fused-ring (bicyclic) bond motifs is 1. The minimum atomic E-state index is -1.43. The number of anilines is 1. The van der Waals surface area contributed by atoms with Gasteiger partial charge in [-0.1, -0.05) is 19.8 Å². The number of methoxy groups -OCH3 is 1. The summed E-state index contributed by atoms with van der Waals surface area (Å²) >= 11 is 0. The SMILES string of the molecule is CCC1CN(C)C2=C(N[C@@](N)(Nc3cc4ccn(C(=O)C5CC5)c4cc3OC)NC2=O)N1C1CCCC1. The number of rotatable bonds is 6. The third-order valence-electron chi connectivity index (χ3n) is 8.28. The van der Waals surface area contributed by atoms with Crippen LogP contribution in [0.2, 0.25) is 0 Å². The minimum Gasteiger partial charge on any atom is -0.495 e. The Morgan fingerprint density at radius 1 is 1.22 bits per heavy atom. The number of carbonyl (C=O) groups excluding carboxylic acids is 2. The van der Waals surface area contributed by atoms with E-state index in [2.05, 4.69) is 27.8 Å². The van der Waals surface area contributed by atoms with Crippen LogP contribution in [0, 0.1) is 5.92 Å². The molecule has 37 heavy (non-hydrogen) atoms. The van der Waals surface area contributed by atoms with Gasteiger partial charge in [-0.25, -0.2) is 0 Å². The molecule has 0 spiro atoms. The molecule has 1 aromatic heterocycles. The van der Waals surface area contributed by atoms with E-state index in [-0.39, 0.29) is 17.7 Å². The second kappa shape index (κ2) is 8.86. The lowest BCUT2D eigenvalue weighted by atomic mass is 10.0. The molecule has 1 amide bonds. The van der Waals surface area contributed by atoms with Gasteiger partial charge in [-0.3, -0.25) is 25.2 Å². The van der Waals surface area contributed by atoms with Gasteiger partial charge in [0.1, 0.15) is 17.3 Å². The van der Waals surface area contributed by atoms with Crippen LogP contribution in [0.15, 0.2) is 35.9 Å². The van der Waals surface area contributed by atoms with Crippen LogP contribution in [0.4, 0.5) is 5.69 Å². The summed E-state index contributed by atoms with van der Waals surface area (Å²) in [6.45, 7) is 3.00. The number of hydrogen-bond donors (Lipinski definition) is 4. The summed E-state index contributed by atoms with van der Waals surface area (Å²) in [4.78, 5) is 30.6. The first-order valence-corrected chi connectivity index (χ1v) is 13.5. The van der Waals surface area contributed by atoms with E-state index in [0.717, 1.165) is 55.4 Å². The van der Waals surface area contributed by atoms with Gasteiger partial charge in [-0.15, -0.1) is 0 Å². The molecule has 1 aromatic carbocycles. The van der Waals surface area contributed by atoms with Crippen molar-refractivity contribution in [2.24, 2.45) is 11.7 Å². The van der Waals surface area contributed by atoms with E-state index in [0.29, 0.717) is 29.2 Å². The van der Waals surface area contributed by atoms with Gasteiger partial charge in [-0.2, -0.15) is 0 Å². The van der Waals surface area contributed by atoms with Crippen LogP contribution >= 0.6 is 0 Å². The molecule has 10 heteroatoms. The summed E-state index contributed by atoms with van der Waals surface area (Å²) in [5.74, 6) is -0.0998. The molecule has 2 aromatic rings. The molecule has 6 rings (SSSR count). The molecule has 2 saturated carbocycles. The molecule has 0 saturated heterocycles. The maximum atomic E-state index is 13.4. The average molecular weight is 508 g/mol. The van der Waals surface area contributed by atoms with Crippen LogP contribution in [0.3, 0.4) is 0 Å². The number of nitrogens with zero attached hydrogens (tertiary/aromatic N) is 3. The first-order valence-electron chi connectivity index (χ1n) is 13.5. The highest BCUT2D eigenvalue weighted by atomic mass is 16.5. The number of aromatic nitrogens is 1. The Kier molecular flexibility index (Phi) is 5.74. The summed E-state index contributed by atoms with van der Waals surface area (Å²) in [6.07, 6.45) is 9.32. The number of nitrogens with one attached hydrogen (secondary N) is 3. The molecule has 2 aliphatic heterocycles. The highest BCUT2D eigenvalue weighted by molar-refractivity contribution is 5.98. The third-order valence-corrected chi connectivity index (χ3v) is 8.28. The fourth-order valence-corrected chi connectivity index (χ4v) is 6.25. The summed E-state index contributed by atoms with van der Waals surface area (Å²) in [5, 5.41) is 10.6. The van der Waals surface area contributed by atoms with Gasteiger partial charge in [0.25, 0.3) is 5.91 Å². The molecule has 10 nitrogen and oxygen atoms in total. The van der Waals surface area contributed by atoms with Crippen molar-refractivity contribution in [2.45, 2.75) is 69.9 Å². The lowest BCUT2D eigenvalue weighted by Gasteiger charge is -2.52. The zero-order chi connectivity index (χ0) is 25.9. The van der Waals surface area contributed by atoms with Crippen LogP contribution in [0.1, 0.15) is 56.7 Å². The number of nitrogens with two attached hydrogens (primary N) is 1. The number of carbonyl (C=O) groups is 2. The number of benzene rings is 1. The maximum absolute atomic E-state index is 13.4. The molecule has 4 aliphatic rings. The Hall–Kier alpha value is -3.40. The molecule has 0 bridgehead atoms. The van der Waals surface area contributed by atoms with Crippen molar-refractivity contribution in [1.29, 1.82) is 0 Å². The first-order chi connectivity index (χ1) is 17.8. The van der Waals surface area contributed by atoms with Crippen LogP contribution in [-0.2, 0) is 4.79 Å². The lowest BCUT2D eigenvalue weighted by Crippen LogP contribution is -2.76. The van der Waals surface area contributed by atoms with Crippen LogP contribution in [-0.4, -0.2) is 64.9 Å². The van der Waals surface area contributed by atoms with E-state index < -0.39 is 5.91 Å². The number of ether oxygens (including phenoxy) is 1. The van der Waals surface area contributed by atoms with Crippen LogP contribution < -0.4 is 26.4 Å². The molecule has 198 valence electrons. The summed E-state index contributed by atoms with van der Waals surface area (Å²) in [5.41, 5.74) is 8.84. The molecule has 2 fully saturated rings. The smallest absolute Gasteiger partial charge is 0.275 e. The molecule has 1 unspecified atom stereocenters. The molecule has 0 radical (unpaired) electrons. The Bertz CT molecular complexity index is 1280. The van der Waals surface area contributed by atoms with Gasteiger partial charge in [0.05, 0.1) is 18.3 Å². The van der Waals surface area contributed by atoms with Crippen molar-refractivity contribution >= 4 is 28.4 Å². The summed E-state index contributed by atoms with van der Waals surface area (Å²) in [7, 11) is 3.55. The predicted octanol–water partition coefficient (Wildman–Crippen LogP) is 2.54. The van der Waals surface area contributed by atoms with Crippen molar-refractivity contribution in [1.82, 2.24) is 25.0 Å². The molecular formula is C27H37N7O3. The highest BCUT2D eigenvalue weighted by Gasteiger charge is 2.46. The van der Waals surface area contributed by atoms with E-state index in [1.54, 1.807) is 11.7 Å². The fourth-order valence-electron chi connectivity index (χ4n) is 6.25. The van der Waals surface area contributed by atoms with Crippen molar-refractivity contribution in [3.63, 3.8) is 0 Å². The monoisotopic (exact) mass is 507 g/mol. The van der Waals surface area contributed by atoms with Gasteiger partial charge in [0, 0.05) is 49.2 Å². The Morgan fingerprint density at radius 3 is 2.65 bits per heavy atom. The van der Waals surface area contributed by atoms with Gasteiger partial charge in [-0.05, 0) is 44.2 Å². The van der Waals surface area contributed by atoms with Crippen molar-refractivity contribution in [2.75, 3.05) is 26.0 Å². The topological polar surface area (TPSA) is 117 Å². The zero-order valence-electron chi connectivity index (χ0n) is 21.8. The van der Waals surface area contributed by atoms with E-state index in [1.807, 2.05) is 36.3 Å². The highest BCUT2D eigenvalue weighted by Crippen LogP contribution is 2.38. The molecule has 5 N–H and O–H groups in total. The second-order valence-electron chi connectivity index (χ2n) is 10.9. The van der Waals surface area contributed by atoms with Gasteiger partial charge in [0.2, 0.25) is 11.8 Å². The molecule has 3 heterocycles. The van der Waals surface area contributed by atoms with Gasteiger partial charge >= 0.3 is 0 Å². The fraction of sp³-hybridized carbons (Fsp3) is 0.556. The van der Waals surface area contributed by atoms with Crippen molar-refractivity contribution in [3.05, 3.63) is 35.9 Å². The van der Waals surface area contributed by atoms with Crippen molar-refractivity contribution < 1.29 is 14.3 Å². The van der Waals surface area contributed by atoms with E-state index in [1.165, 1.54) is 12.8 Å². The van der Waals surface area contributed by atoms with E-state index >= 15 is 0 Å². The lowest BCUT2D eigenvalue weighted by molar-refractivity contribution is -0.123. The standard InChI is InChI=1S/C27H37N7O3/c1-4-18-15-32(2)23-24(34(18)19-7-5-6-8-19)30-27(28,31-25(23)35)29-20-13-17-11-12-33(26(36)16-9-10-16)21(17)14-22(20)37-3/h11-14,16,18-19,29-30H,4-10,15,28H2,1-3H3,(H,31,35)/t18?,27-/m1/s1. The number of likely N-dealkylation sites (N-methyl/N-ethyl adjacent to an activating group) is 1. The Balaban J connectivity index is 1.34. The van der Waals surface area contributed by atoms with Crippen LogP contribution in [0.25, 0.3) is 10.9 Å². The Labute approximate surface area is 217 Å².